The van der Waals surface area contributed by atoms with Crippen LogP contribution in [0.1, 0.15) is 19.8 Å². The summed E-state index contributed by atoms with van der Waals surface area (Å²) in [4.78, 5) is 0. The minimum atomic E-state index is -3.03. The molecule has 0 aromatic heterocycles. The highest BCUT2D eigenvalue weighted by atomic mass is 32.2. The van der Waals surface area contributed by atoms with Crippen LogP contribution in [0.5, 0.6) is 0 Å². The van der Waals surface area contributed by atoms with E-state index >= 15 is 0 Å². The van der Waals surface area contributed by atoms with E-state index in [0.29, 0.717) is 19.4 Å². The molecule has 0 spiro atoms. The monoisotopic (exact) mass is 283 g/mol. The quantitative estimate of drug-likeness (QED) is 0.732. The topological polar surface area (TPSA) is 80.3 Å². The van der Waals surface area contributed by atoms with Gasteiger partial charge in [-0.15, -0.1) is 0 Å². The van der Waals surface area contributed by atoms with E-state index in [2.05, 4.69) is 5.32 Å². The lowest BCUT2D eigenvalue weighted by atomic mass is 9.84. The lowest BCUT2D eigenvalue weighted by Crippen LogP contribution is -2.37. The summed E-state index contributed by atoms with van der Waals surface area (Å²) in [5.41, 5.74) is -0.391. The van der Waals surface area contributed by atoms with Crippen molar-refractivity contribution in [2.24, 2.45) is 5.41 Å². The van der Waals surface area contributed by atoms with E-state index in [1.165, 1.54) is 6.26 Å². The van der Waals surface area contributed by atoms with Gasteiger partial charge in [0.05, 0.1) is 17.3 Å². The Balaban J connectivity index is 2.74. The van der Waals surface area contributed by atoms with Crippen LogP contribution in [0.3, 0.4) is 0 Å². The molecule has 1 saturated heterocycles. The van der Waals surface area contributed by atoms with Crippen molar-refractivity contribution in [2.45, 2.75) is 19.8 Å². The average Bonchev–Trinajstić information content (AvgIpc) is 2.49. The molecule has 102 valence electrons. The number of hydrogen-bond acceptors (Lipinski definition) is 5. The summed E-state index contributed by atoms with van der Waals surface area (Å²) >= 11 is 0. The van der Waals surface area contributed by atoms with Crippen LogP contribution in [-0.4, -0.2) is 53.4 Å². The van der Waals surface area contributed by atoms with Gasteiger partial charge in [0.15, 0.2) is 9.84 Å². The van der Waals surface area contributed by atoms with Gasteiger partial charge in [0.25, 0.3) is 0 Å². The van der Waals surface area contributed by atoms with Crippen molar-refractivity contribution in [3.05, 3.63) is 0 Å². The Labute approximate surface area is 104 Å². The van der Waals surface area contributed by atoms with Crippen LogP contribution >= 0.6 is 0 Å². The van der Waals surface area contributed by atoms with E-state index in [-0.39, 0.29) is 17.3 Å². The Morgan fingerprint density at radius 1 is 1.35 bits per heavy atom. The number of rotatable bonds is 6. The lowest BCUT2D eigenvalue weighted by Gasteiger charge is -2.27. The molecule has 17 heavy (non-hydrogen) atoms. The molecule has 1 N–H and O–H groups in total. The lowest BCUT2D eigenvalue weighted by molar-refractivity contribution is 0.306. The SMILES string of the molecule is CCNCC1(CCS(C)(=O)=O)CCS(=O)(=O)C1. The maximum Gasteiger partial charge on any atom is 0.150 e. The molecule has 1 rings (SSSR count). The first-order chi connectivity index (χ1) is 7.68. The molecule has 0 radical (unpaired) electrons. The summed E-state index contributed by atoms with van der Waals surface area (Å²) < 4.78 is 45.5. The Kier molecular flexibility index (Phi) is 4.60. The summed E-state index contributed by atoms with van der Waals surface area (Å²) in [7, 11) is -6.02. The van der Waals surface area contributed by atoms with Gasteiger partial charge in [-0.3, -0.25) is 0 Å². The second-order valence-corrected chi connectivity index (χ2v) is 9.45. The Morgan fingerprint density at radius 2 is 2.00 bits per heavy atom. The molecule has 0 amide bonds. The van der Waals surface area contributed by atoms with Gasteiger partial charge in [-0.05, 0) is 24.8 Å². The van der Waals surface area contributed by atoms with Crippen LogP contribution in [-0.2, 0) is 19.7 Å². The summed E-state index contributed by atoms with van der Waals surface area (Å²) in [5, 5.41) is 3.15. The van der Waals surface area contributed by atoms with Gasteiger partial charge in [0.2, 0.25) is 0 Å². The van der Waals surface area contributed by atoms with Crippen LogP contribution in [0.2, 0.25) is 0 Å². The van der Waals surface area contributed by atoms with E-state index in [1.807, 2.05) is 6.92 Å². The molecule has 0 aromatic rings. The molecule has 1 atom stereocenters. The molecule has 1 fully saturated rings. The zero-order valence-electron chi connectivity index (χ0n) is 10.4. The molecule has 0 aliphatic carbocycles. The fraction of sp³-hybridized carbons (Fsp3) is 1.00. The molecule has 1 heterocycles. The maximum atomic E-state index is 11.6. The normalized spacial score (nSPS) is 28.4. The Bertz CT molecular complexity index is 455. The first-order valence-corrected chi connectivity index (χ1v) is 9.65. The average molecular weight is 283 g/mol. The summed E-state index contributed by atoms with van der Waals surface area (Å²) in [6.07, 6.45) is 2.19. The summed E-state index contributed by atoms with van der Waals surface area (Å²) in [6.45, 7) is 3.30. The van der Waals surface area contributed by atoms with Gasteiger partial charge in [-0.2, -0.15) is 0 Å². The van der Waals surface area contributed by atoms with Crippen molar-refractivity contribution in [1.29, 1.82) is 0 Å². The molecular weight excluding hydrogens is 262 g/mol. The third kappa shape index (κ3) is 4.93. The van der Waals surface area contributed by atoms with Crippen molar-refractivity contribution in [1.82, 2.24) is 5.32 Å². The number of sulfone groups is 2. The van der Waals surface area contributed by atoms with Crippen LogP contribution in [0.25, 0.3) is 0 Å². The number of hydrogen-bond donors (Lipinski definition) is 1. The maximum absolute atomic E-state index is 11.6. The zero-order valence-corrected chi connectivity index (χ0v) is 12.0. The predicted octanol–water partition coefficient (Wildman–Crippen LogP) is -0.164. The highest BCUT2D eigenvalue weighted by Crippen LogP contribution is 2.35. The minimum Gasteiger partial charge on any atom is -0.316 e. The standard InChI is InChI=1S/C10H21NO4S2/c1-3-11-8-10(4-6-16(2,12)13)5-7-17(14,15)9-10/h11H,3-9H2,1-2H3. The minimum absolute atomic E-state index is 0.0634. The molecule has 5 nitrogen and oxygen atoms in total. The highest BCUT2D eigenvalue weighted by molar-refractivity contribution is 7.91. The van der Waals surface area contributed by atoms with Crippen LogP contribution in [0.4, 0.5) is 0 Å². The number of nitrogens with one attached hydrogen (secondary N) is 1. The van der Waals surface area contributed by atoms with E-state index in [9.17, 15) is 16.8 Å². The van der Waals surface area contributed by atoms with Gasteiger partial charge in [-0.25, -0.2) is 16.8 Å². The van der Waals surface area contributed by atoms with Gasteiger partial charge >= 0.3 is 0 Å². The van der Waals surface area contributed by atoms with Crippen LogP contribution < -0.4 is 5.32 Å². The van der Waals surface area contributed by atoms with Crippen molar-refractivity contribution in [3.63, 3.8) is 0 Å². The first kappa shape index (κ1) is 14.9. The fourth-order valence-electron chi connectivity index (χ4n) is 2.20. The third-order valence-electron chi connectivity index (χ3n) is 3.22. The molecule has 0 aromatic carbocycles. The van der Waals surface area contributed by atoms with E-state index < -0.39 is 25.1 Å². The molecular formula is C10H21NO4S2. The van der Waals surface area contributed by atoms with Crippen LogP contribution in [0.15, 0.2) is 0 Å². The van der Waals surface area contributed by atoms with Crippen molar-refractivity contribution in [2.75, 3.05) is 36.6 Å². The van der Waals surface area contributed by atoms with Crippen molar-refractivity contribution < 1.29 is 16.8 Å². The second kappa shape index (κ2) is 5.24. The van der Waals surface area contributed by atoms with E-state index in [0.717, 1.165) is 6.54 Å². The molecule has 1 aliphatic rings. The molecule has 1 unspecified atom stereocenters. The molecule has 1 aliphatic heterocycles. The van der Waals surface area contributed by atoms with Gasteiger partial charge in [-0.1, -0.05) is 6.92 Å². The predicted molar refractivity (Wildman–Crippen MR) is 68.6 cm³/mol. The van der Waals surface area contributed by atoms with Crippen LogP contribution in [0, 0.1) is 5.41 Å². The smallest absolute Gasteiger partial charge is 0.150 e. The molecule has 0 bridgehead atoms. The Morgan fingerprint density at radius 3 is 2.41 bits per heavy atom. The summed E-state index contributed by atoms with van der Waals surface area (Å²) in [5.74, 6) is 0.360. The fourth-order valence-corrected chi connectivity index (χ4v) is 5.22. The third-order valence-corrected chi connectivity index (χ3v) is 6.05. The zero-order chi connectivity index (χ0) is 13.2. The van der Waals surface area contributed by atoms with E-state index in [1.54, 1.807) is 0 Å². The largest absolute Gasteiger partial charge is 0.316 e. The van der Waals surface area contributed by atoms with Gasteiger partial charge < -0.3 is 5.32 Å². The first-order valence-electron chi connectivity index (χ1n) is 5.77. The second-order valence-electron chi connectivity index (χ2n) is 5.00. The Hall–Kier alpha value is -0.140. The molecule has 0 saturated carbocycles. The van der Waals surface area contributed by atoms with Crippen molar-refractivity contribution >= 4 is 19.7 Å². The summed E-state index contributed by atoms with van der Waals surface area (Å²) in [6, 6.07) is 0. The van der Waals surface area contributed by atoms with Crippen molar-refractivity contribution in [3.8, 4) is 0 Å². The van der Waals surface area contributed by atoms with Gasteiger partial charge in [0, 0.05) is 12.8 Å². The van der Waals surface area contributed by atoms with Gasteiger partial charge in [0.1, 0.15) is 9.84 Å². The molecule has 7 heteroatoms. The van der Waals surface area contributed by atoms with E-state index in [4.69, 9.17) is 0 Å². The highest BCUT2D eigenvalue weighted by Gasteiger charge is 2.41.